The predicted molar refractivity (Wildman–Crippen MR) is 106 cm³/mol. The van der Waals surface area contributed by atoms with Crippen LogP contribution in [0.5, 0.6) is 0 Å². The van der Waals surface area contributed by atoms with Crippen molar-refractivity contribution in [3.05, 3.63) is 68.7 Å². The van der Waals surface area contributed by atoms with Gasteiger partial charge in [-0.25, -0.2) is 13.2 Å². The summed E-state index contributed by atoms with van der Waals surface area (Å²) in [5.74, 6) is -1.34. The number of benzene rings is 2. The second-order valence-corrected chi connectivity index (χ2v) is 8.86. The van der Waals surface area contributed by atoms with Crippen LogP contribution in [0.2, 0.25) is 0 Å². The smallest absolute Gasteiger partial charge is 0.408 e. The number of fused-ring (bicyclic) bond motifs is 1. The fourth-order valence-corrected chi connectivity index (χ4v) is 5.00. The molecular weight excluding hydrogens is 414 g/mol. The molecule has 0 spiro atoms. The molecular formula is C19H17N3O7S. The first-order valence-electron chi connectivity index (χ1n) is 9.18. The minimum atomic E-state index is -3.68. The highest BCUT2D eigenvalue weighted by molar-refractivity contribution is 7.89. The number of rotatable bonds is 6. The van der Waals surface area contributed by atoms with E-state index in [-0.39, 0.29) is 27.2 Å². The molecule has 0 N–H and O–H groups in total. The predicted octanol–water partition coefficient (Wildman–Crippen LogP) is 2.17. The van der Waals surface area contributed by atoms with Crippen molar-refractivity contribution in [3.8, 4) is 0 Å². The lowest BCUT2D eigenvalue weighted by Gasteiger charge is -2.15. The molecule has 0 saturated carbocycles. The van der Waals surface area contributed by atoms with Gasteiger partial charge < -0.3 is 4.42 Å². The van der Waals surface area contributed by atoms with Gasteiger partial charge in [-0.15, -0.1) is 0 Å². The van der Waals surface area contributed by atoms with Gasteiger partial charge in [-0.3, -0.25) is 19.5 Å². The summed E-state index contributed by atoms with van der Waals surface area (Å²) in [5, 5.41) is 10.9. The average molecular weight is 431 g/mol. The maximum atomic E-state index is 12.7. The van der Waals surface area contributed by atoms with E-state index in [2.05, 4.69) is 0 Å². The molecule has 0 radical (unpaired) electrons. The van der Waals surface area contributed by atoms with Crippen molar-refractivity contribution in [2.75, 3.05) is 13.1 Å². The van der Waals surface area contributed by atoms with Gasteiger partial charge in [0.05, 0.1) is 21.9 Å². The lowest BCUT2D eigenvalue weighted by Crippen LogP contribution is -2.27. The van der Waals surface area contributed by atoms with E-state index < -0.39 is 33.0 Å². The fraction of sp³-hybridized carbons (Fsp3) is 0.263. The monoisotopic (exact) mass is 431 g/mol. The lowest BCUT2D eigenvalue weighted by atomic mass is 10.1. The van der Waals surface area contributed by atoms with Crippen molar-refractivity contribution in [3.63, 3.8) is 0 Å². The van der Waals surface area contributed by atoms with Crippen LogP contribution in [0.25, 0.3) is 11.1 Å². The molecule has 1 aliphatic rings. The molecule has 2 aromatic carbocycles. The topological polar surface area (TPSA) is 133 Å². The summed E-state index contributed by atoms with van der Waals surface area (Å²) in [4.78, 5) is 35.1. The summed E-state index contributed by atoms with van der Waals surface area (Å²) in [6.07, 6.45) is 1.60. The number of carbonyl (C=O) groups is 1. The molecule has 4 rings (SSSR count). The van der Waals surface area contributed by atoms with Crippen LogP contribution < -0.4 is 5.76 Å². The zero-order valence-electron chi connectivity index (χ0n) is 15.7. The Hall–Kier alpha value is -3.31. The summed E-state index contributed by atoms with van der Waals surface area (Å²) in [7, 11) is -3.68. The maximum absolute atomic E-state index is 12.7. The number of non-ortho nitro benzene ring substituents is 1. The first kappa shape index (κ1) is 20.0. The quantitative estimate of drug-likeness (QED) is 0.332. The normalized spacial score (nSPS) is 14.9. The third kappa shape index (κ3) is 3.53. The Morgan fingerprint density at radius 3 is 2.57 bits per heavy atom. The van der Waals surface area contributed by atoms with E-state index in [1.165, 1.54) is 40.7 Å². The van der Waals surface area contributed by atoms with Gasteiger partial charge in [-0.1, -0.05) is 12.1 Å². The van der Waals surface area contributed by atoms with Crippen LogP contribution >= 0.6 is 0 Å². The molecule has 0 unspecified atom stereocenters. The van der Waals surface area contributed by atoms with Crippen molar-refractivity contribution >= 4 is 32.6 Å². The summed E-state index contributed by atoms with van der Waals surface area (Å²) >= 11 is 0. The van der Waals surface area contributed by atoms with E-state index in [1.807, 2.05) is 0 Å². The van der Waals surface area contributed by atoms with Crippen LogP contribution in [0.4, 0.5) is 5.69 Å². The van der Waals surface area contributed by atoms with E-state index >= 15 is 0 Å². The van der Waals surface area contributed by atoms with Crippen LogP contribution in [0, 0.1) is 10.1 Å². The number of hydrogen-bond donors (Lipinski definition) is 0. The molecule has 0 aliphatic carbocycles. The van der Waals surface area contributed by atoms with E-state index in [4.69, 9.17) is 4.42 Å². The van der Waals surface area contributed by atoms with Crippen LogP contribution in [0.3, 0.4) is 0 Å². The second kappa shape index (κ2) is 7.50. The van der Waals surface area contributed by atoms with Gasteiger partial charge in [-0.2, -0.15) is 4.31 Å². The van der Waals surface area contributed by atoms with Crippen molar-refractivity contribution in [2.45, 2.75) is 24.3 Å². The van der Waals surface area contributed by atoms with Crippen LogP contribution in [0.1, 0.15) is 23.2 Å². The zero-order valence-corrected chi connectivity index (χ0v) is 16.5. The standard InChI is InChI=1S/C19H17N3O7S/c23-17(13-4-3-5-14(10-13)22(25)26)12-21-16-7-6-15(11-18(16)29-19(21)24)30(27,28)20-8-1-2-9-20/h3-7,10-11H,1-2,8-9,12H2. The van der Waals surface area contributed by atoms with Crippen molar-refractivity contribution in [1.29, 1.82) is 0 Å². The molecule has 1 aliphatic heterocycles. The number of ketones is 1. The molecule has 3 aromatic rings. The van der Waals surface area contributed by atoms with Crippen LogP contribution in [-0.4, -0.2) is 41.1 Å². The summed E-state index contributed by atoms with van der Waals surface area (Å²) in [6.45, 7) is 0.497. The molecule has 156 valence electrons. The van der Waals surface area contributed by atoms with E-state index in [0.717, 1.165) is 23.5 Å². The highest BCUT2D eigenvalue weighted by Gasteiger charge is 2.28. The second-order valence-electron chi connectivity index (χ2n) is 6.93. The fourth-order valence-electron chi connectivity index (χ4n) is 3.46. The Morgan fingerprint density at radius 1 is 1.13 bits per heavy atom. The Morgan fingerprint density at radius 2 is 1.87 bits per heavy atom. The molecule has 2 heterocycles. The molecule has 1 fully saturated rings. The minimum absolute atomic E-state index is 0.0165. The first-order valence-corrected chi connectivity index (χ1v) is 10.6. The number of nitro groups is 1. The number of carbonyl (C=O) groups excluding carboxylic acids is 1. The average Bonchev–Trinajstić information content (AvgIpc) is 3.37. The summed E-state index contributed by atoms with van der Waals surface area (Å²) < 4.78 is 33.0. The summed E-state index contributed by atoms with van der Waals surface area (Å²) in [5.41, 5.74) is 0.159. The van der Waals surface area contributed by atoms with Crippen LogP contribution in [0.15, 0.2) is 56.6 Å². The highest BCUT2D eigenvalue weighted by Crippen LogP contribution is 2.24. The number of nitrogens with zero attached hydrogens (tertiary/aromatic N) is 3. The SMILES string of the molecule is O=C(Cn1c(=O)oc2cc(S(=O)(=O)N3CCCC3)ccc21)c1cccc([N+](=O)[O-])c1. The largest absolute Gasteiger partial charge is 0.420 e. The first-order chi connectivity index (χ1) is 14.3. The number of nitro benzene ring substituents is 1. The molecule has 1 saturated heterocycles. The number of oxazole rings is 1. The molecule has 0 bridgehead atoms. The van der Waals surface area contributed by atoms with Gasteiger partial charge in [0.25, 0.3) is 5.69 Å². The lowest BCUT2D eigenvalue weighted by molar-refractivity contribution is -0.384. The van der Waals surface area contributed by atoms with Gasteiger partial charge in [0.15, 0.2) is 11.4 Å². The van der Waals surface area contributed by atoms with Crippen molar-refractivity contribution < 1.29 is 22.6 Å². The van der Waals surface area contributed by atoms with Crippen molar-refractivity contribution in [2.24, 2.45) is 0 Å². The number of aromatic nitrogens is 1. The molecule has 11 heteroatoms. The molecule has 1 aromatic heterocycles. The van der Waals surface area contributed by atoms with Gasteiger partial charge in [-0.05, 0) is 25.0 Å². The molecule has 0 atom stereocenters. The molecule has 0 amide bonds. The van der Waals surface area contributed by atoms with Gasteiger partial charge in [0.2, 0.25) is 10.0 Å². The minimum Gasteiger partial charge on any atom is -0.408 e. The molecule has 10 nitrogen and oxygen atoms in total. The number of sulfonamides is 1. The van der Waals surface area contributed by atoms with E-state index in [9.17, 15) is 28.1 Å². The molecule has 30 heavy (non-hydrogen) atoms. The Balaban J connectivity index is 1.66. The van der Waals surface area contributed by atoms with E-state index in [1.54, 1.807) is 0 Å². The van der Waals surface area contributed by atoms with Crippen LogP contribution in [-0.2, 0) is 16.6 Å². The highest BCUT2D eigenvalue weighted by atomic mass is 32.2. The number of Topliss-reactive ketones (excluding diaryl/α,β-unsaturated/α-hetero) is 1. The van der Waals surface area contributed by atoms with Gasteiger partial charge >= 0.3 is 5.76 Å². The van der Waals surface area contributed by atoms with Gasteiger partial charge in [0, 0.05) is 36.9 Å². The third-order valence-electron chi connectivity index (χ3n) is 5.02. The third-order valence-corrected chi connectivity index (χ3v) is 6.92. The summed E-state index contributed by atoms with van der Waals surface area (Å²) in [6, 6.07) is 9.28. The van der Waals surface area contributed by atoms with Crippen molar-refractivity contribution in [1.82, 2.24) is 8.87 Å². The number of hydrogen-bond acceptors (Lipinski definition) is 7. The van der Waals surface area contributed by atoms with Gasteiger partial charge in [0.1, 0.15) is 0 Å². The Kier molecular flexibility index (Phi) is 5.00. The maximum Gasteiger partial charge on any atom is 0.420 e. The Labute approximate surface area is 170 Å². The van der Waals surface area contributed by atoms with E-state index in [0.29, 0.717) is 13.1 Å². The zero-order chi connectivity index (χ0) is 21.5. The Bertz CT molecular complexity index is 1320.